The van der Waals surface area contributed by atoms with Crippen molar-refractivity contribution in [3.63, 3.8) is 0 Å². The zero-order valence-corrected chi connectivity index (χ0v) is 10.4. The van der Waals surface area contributed by atoms with Crippen LogP contribution in [0.25, 0.3) is 0 Å². The van der Waals surface area contributed by atoms with Gasteiger partial charge in [-0.25, -0.2) is 0 Å². The zero-order valence-electron chi connectivity index (χ0n) is 9.56. The second kappa shape index (κ2) is 4.67. The maximum absolute atomic E-state index is 2.37. The van der Waals surface area contributed by atoms with Crippen LogP contribution in [-0.4, -0.2) is 0 Å². The third-order valence-corrected chi connectivity index (χ3v) is 4.95. The van der Waals surface area contributed by atoms with Crippen molar-refractivity contribution in [2.45, 2.75) is 43.3 Å². The van der Waals surface area contributed by atoms with E-state index in [4.69, 9.17) is 0 Å². The first kappa shape index (κ1) is 10.5. The van der Waals surface area contributed by atoms with E-state index in [1.165, 1.54) is 32.1 Å². The average molecular weight is 230 g/mol. The summed E-state index contributed by atoms with van der Waals surface area (Å²) in [5, 5.41) is 2.95. The van der Waals surface area contributed by atoms with Gasteiger partial charge in [0.15, 0.2) is 0 Å². The lowest BCUT2D eigenvalue weighted by molar-refractivity contribution is 0.709. The molecule has 1 aromatic carbocycles. The van der Waals surface area contributed by atoms with Gasteiger partial charge in [0.05, 0.1) is 0 Å². The Morgan fingerprint density at radius 2 is 1.75 bits per heavy atom. The van der Waals surface area contributed by atoms with E-state index in [-0.39, 0.29) is 0 Å². The number of hydrogen-bond donors (Lipinski definition) is 0. The molecule has 0 bridgehead atoms. The van der Waals surface area contributed by atoms with E-state index in [9.17, 15) is 0 Å². The Hall–Kier alpha value is -0.690. The van der Waals surface area contributed by atoms with E-state index < -0.39 is 0 Å². The Bertz CT molecular complexity index is 359. The monoisotopic (exact) mass is 230 g/mol. The number of hydrogen-bond acceptors (Lipinski definition) is 1. The van der Waals surface area contributed by atoms with Crippen LogP contribution in [0, 0.1) is 0 Å². The number of allylic oxidation sites excluding steroid dienone is 1. The van der Waals surface area contributed by atoms with Gasteiger partial charge < -0.3 is 0 Å². The zero-order chi connectivity index (χ0) is 10.8. The molecule has 1 aliphatic carbocycles. The average Bonchev–Trinajstić information content (AvgIpc) is 3.03. The molecule has 1 aromatic rings. The van der Waals surface area contributed by atoms with Crippen molar-refractivity contribution in [2.75, 3.05) is 0 Å². The molecule has 0 radical (unpaired) electrons. The van der Waals surface area contributed by atoms with Crippen LogP contribution in [0.1, 0.15) is 54.4 Å². The highest BCUT2D eigenvalue weighted by atomic mass is 32.2. The molecule has 1 fully saturated rings. The summed E-state index contributed by atoms with van der Waals surface area (Å²) in [6.45, 7) is 0. The van der Waals surface area contributed by atoms with Crippen molar-refractivity contribution in [3.05, 3.63) is 46.9 Å². The van der Waals surface area contributed by atoms with E-state index in [1.54, 1.807) is 11.1 Å². The van der Waals surface area contributed by atoms with Crippen LogP contribution in [-0.2, 0) is 0 Å². The summed E-state index contributed by atoms with van der Waals surface area (Å²) in [6, 6.07) is 9.12. The summed E-state index contributed by atoms with van der Waals surface area (Å²) in [7, 11) is 0. The van der Waals surface area contributed by atoms with E-state index in [1.807, 2.05) is 11.8 Å². The van der Waals surface area contributed by atoms with Gasteiger partial charge in [0.2, 0.25) is 0 Å². The molecule has 1 unspecified atom stereocenters. The second-order valence-electron chi connectivity index (χ2n) is 4.84. The lowest BCUT2D eigenvalue weighted by Crippen LogP contribution is -2.00. The van der Waals surface area contributed by atoms with E-state index >= 15 is 0 Å². The third kappa shape index (κ3) is 1.93. The van der Waals surface area contributed by atoms with Crippen molar-refractivity contribution >= 4 is 11.8 Å². The lowest BCUT2D eigenvalue weighted by atomic mass is 9.91. The molecular formula is C15H18S. The van der Waals surface area contributed by atoms with Crippen molar-refractivity contribution in [1.82, 2.24) is 0 Å². The Kier molecular flexibility index (Phi) is 3.05. The highest BCUT2D eigenvalue weighted by Crippen LogP contribution is 2.44. The van der Waals surface area contributed by atoms with Gasteiger partial charge >= 0.3 is 0 Å². The molecule has 1 heterocycles. The fourth-order valence-corrected chi connectivity index (χ4v) is 3.99. The van der Waals surface area contributed by atoms with Gasteiger partial charge in [0, 0.05) is 5.25 Å². The van der Waals surface area contributed by atoms with Crippen LogP contribution in [0.5, 0.6) is 0 Å². The summed E-state index contributed by atoms with van der Waals surface area (Å²) in [6.07, 6.45) is 9.18. The van der Waals surface area contributed by atoms with Gasteiger partial charge in [-0.15, -0.1) is 11.8 Å². The summed E-state index contributed by atoms with van der Waals surface area (Å²) in [5.74, 6) is 0.845. The molecule has 3 rings (SSSR count). The van der Waals surface area contributed by atoms with Crippen LogP contribution < -0.4 is 0 Å². The van der Waals surface area contributed by atoms with E-state index in [2.05, 4.69) is 35.7 Å². The quantitative estimate of drug-likeness (QED) is 0.686. The molecule has 0 nitrogen and oxygen atoms in total. The van der Waals surface area contributed by atoms with Gasteiger partial charge in [-0.1, -0.05) is 43.2 Å². The van der Waals surface area contributed by atoms with Crippen molar-refractivity contribution in [1.29, 1.82) is 0 Å². The lowest BCUT2D eigenvalue weighted by Gasteiger charge is -2.19. The minimum Gasteiger partial charge on any atom is -0.126 e. The number of thioether (sulfide) groups is 1. The van der Waals surface area contributed by atoms with Gasteiger partial charge in [-0.3, -0.25) is 0 Å². The number of benzene rings is 1. The molecule has 84 valence electrons. The molecule has 1 saturated carbocycles. The highest BCUT2D eigenvalue weighted by molar-refractivity contribution is 8.02. The second-order valence-corrected chi connectivity index (χ2v) is 5.96. The highest BCUT2D eigenvalue weighted by Gasteiger charge is 2.23. The molecule has 0 saturated heterocycles. The molecule has 16 heavy (non-hydrogen) atoms. The molecule has 0 amide bonds. The maximum Gasteiger partial charge on any atom is 0.0376 e. The minimum absolute atomic E-state index is 0.691. The fraction of sp³-hybridized carbons (Fsp3) is 0.467. The molecule has 1 aliphatic heterocycles. The van der Waals surface area contributed by atoms with Gasteiger partial charge in [-0.2, -0.15) is 0 Å². The molecular weight excluding hydrogens is 212 g/mol. The number of rotatable bonds is 2. The van der Waals surface area contributed by atoms with Gasteiger partial charge in [-0.05, 0) is 41.7 Å². The molecule has 2 aliphatic rings. The van der Waals surface area contributed by atoms with Crippen molar-refractivity contribution in [3.8, 4) is 0 Å². The largest absolute Gasteiger partial charge is 0.126 e. The first-order valence-electron chi connectivity index (χ1n) is 6.34. The van der Waals surface area contributed by atoms with Crippen LogP contribution in [0.4, 0.5) is 0 Å². The Labute approximate surface area is 102 Å². The molecule has 0 aromatic heterocycles. The Morgan fingerprint density at radius 1 is 1.00 bits per heavy atom. The summed E-state index contributed by atoms with van der Waals surface area (Å²) < 4.78 is 0. The first-order chi connectivity index (χ1) is 7.95. The summed E-state index contributed by atoms with van der Waals surface area (Å²) in [5.41, 5.74) is 3.24. The summed E-state index contributed by atoms with van der Waals surface area (Å²) in [4.78, 5) is 0. The normalized spacial score (nSPS) is 25.4. The SMILES string of the molecule is C1=CSC(c2ccccc2C2CCCC2)C1. The van der Waals surface area contributed by atoms with E-state index in [0.717, 1.165) is 5.92 Å². The van der Waals surface area contributed by atoms with Crippen LogP contribution in [0.2, 0.25) is 0 Å². The van der Waals surface area contributed by atoms with Gasteiger partial charge in [0.1, 0.15) is 0 Å². The minimum atomic E-state index is 0.691. The van der Waals surface area contributed by atoms with Gasteiger partial charge in [0.25, 0.3) is 0 Å². The van der Waals surface area contributed by atoms with Crippen molar-refractivity contribution in [2.24, 2.45) is 0 Å². The summed E-state index contributed by atoms with van der Waals surface area (Å²) >= 11 is 1.99. The van der Waals surface area contributed by atoms with Crippen LogP contribution >= 0.6 is 11.8 Å². The first-order valence-corrected chi connectivity index (χ1v) is 7.29. The van der Waals surface area contributed by atoms with E-state index in [0.29, 0.717) is 5.25 Å². The van der Waals surface area contributed by atoms with Crippen molar-refractivity contribution < 1.29 is 0 Å². The topological polar surface area (TPSA) is 0 Å². The Balaban J connectivity index is 1.90. The molecule has 1 heteroatoms. The predicted molar refractivity (Wildman–Crippen MR) is 71.7 cm³/mol. The smallest absolute Gasteiger partial charge is 0.0376 e. The van der Waals surface area contributed by atoms with Crippen LogP contribution in [0.3, 0.4) is 0 Å². The standard InChI is InChI=1S/C15H18S/c1-2-7-12(6-1)13-8-3-4-9-14(13)15-10-5-11-16-15/h3-5,8-9,11-12,15H,1-2,6-7,10H2. The molecule has 1 atom stereocenters. The Morgan fingerprint density at radius 3 is 2.44 bits per heavy atom. The molecule has 0 spiro atoms. The third-order valence-electron chi connectivity index (χ3n) is 3.83. The van der Waals surface area contributed by atoms with Crippen LogP contribution in [0.15, 0.2) is 35.7 Å². The molecule has 0 N–H and O–H groups in total. The fourth-order valence-electron chi connectivity index (χ4n) is 3.00. The maximum atomic E-state index is 2.37. The predicted octanol–water partition coefficient (Wildman–Crippen LogP) is 5.04.